The van der Waals surface area contributed by atoms with Crippen molar-refractivity contribution in [1.29, 1.82) is 0 Å². The van der Waals surface area contributed by atoms with Gasteiger partial charge in [0.25, 0.3) is 0 Å². The second-order valence-corrected chi connectivity index (χ2v) is 9.44. The Morgan fingerprint density at radius 1 is 0.710 bits per heavy atom. The zero-order valence-corrected chi connectivity index (χ0v) is 19.4. The summed E-state index contributed by atoms with van der Waals surface area (Å²) in [6.45, 7) is 4.48. The summed E-state index contributed by atoms with van der Waals surface area (Å²) >= 11 is 0. The van der Waals surface area contributed by atoms with Gasteiger partial charge < -0.3 is 0 Å². The predicted octanol–water partition coefficient (Wildman–Crippen LogP) is 8.82. The number of allylic oxidation sites excluding steroid dienone is 2. The van der Waals surface area contributed by atoms with E-state index in [1.165, 1.54) is 66.0 Å². The zero-order valence-electron chi connectivity index (χ0n) is 19.4. The number of fused-ring (bicyclic) bond motifs is 1. The van der Waals surface area contributed by atoms with Crippen molar-refractivity contribution in [1.82, 2.24) is 0 Å². The summed E-state index contributed by atoms with van der Waals surface area (Å²) in [5.74, 6) is 1.58. The molecule has 3 aromatic carbocycles. The molecule has 0 amide bonds. The smallest absolute Gasteiger partial charge is 0.0162 e. The summed E-state index contributed by atoms with van der Waals surface area (Å²) in [5.41, 5.74) is 5.87. The standard InChI is InChI=1S/C31H38/c1-3-5-6-7-25-11-16-28(17-12-25)29-18-13-26(14-19-29)8-9-27-15-21-30-22-24(4-2)10-20-31(30)23-27/h6-7,10,13-15,18-23,25,28H,3-5,8-9,11-12,16-17H2,1-2H3/b7-6+. The van der Waals surface area contributed by atoms with E-state index in [1.54, 1.807) is 5.56 Å². The molecular formula is C31H38. The molecule has 1 saturated carbocycles. The lowest BCUT2D eigenvalue weighted by Gasteiger charge is -2.27. The van der Waals surface area contributed by atoms with Crippen LogP contribution < -0.4 is 0 Å². The van der Waals surface area contributed by atoms with E-state index in [4.69, 9.17) is 0 Å². The highest BCUT2D eigenvalue weighted by Gasteiger charge is 2.20. The molecule has 0 heterocycles. The van der Waals surface area contributed by atoms with E-state index in [9.17, 15) is 0 Å². The lowest BCUT2D eigenvalue weighted by molar-refractivity contribution is 0.375. The number of unbranched alkanes of at least 4 members (excludes halogenated alkanes) is 1. The van der Waals surface area contributed by atoms with E-state index in [0.717, 1.165) is 31.1 Å². The summed E-state index contributed by atoms with van der Waals surface area (Å²) in [6, 6.07) is 23.4. The minimum Gasteiger partial charge on any atom is -0.0883 e. The van der Waals surface area contributed by atoms with Crippen molar-refractivity contribution in [2.75, 3.05) is 0 Å². The fourth-order valence-corrected chi connectivity index (χ4v) is 5.07. The van der Waals surface area contributed by atoms with Gasteiger partial charge in [-0.2, -0.15) is 0 Å². The first-order valence-electron chi connectivity index (χ1n) is 12.5. The minimum absolute atomic E-state index is 0.762. The van der Waals surface area contributed by atoms with Gasteiger partial charge in [-0.05, 0) is 96.2 Å². The third-order valence-corrected chi connectivity index (χ3v) is 7.17. The first kappa shape index (κ1) is 21.9. The van der Waals surface area contributed by atoms with Gasteiger partial charge in [0.2, 0.25) is 0 Å². The maximum Gasteiger partial charge on any atom is -0.0162 e. The maximum atomic E-state index is 2.48. The molecule has 0 spiro atoms. The molecule has 0 nitrogen and oxygen atoms in total. The van der Waals surface area contributed by atoms with E-state index in [2.05, 4.69) is 86.7 Å². The molecule has 31 heavy (non-hydrogen) atoms. The highest BCUT2D eigenvalue weighted by Crippen LogP contribution is 2.36. The van der Waals surface area contributed by atoms with E-state index < -0.39 is 0 Å². The van der Waals surface area contributed by atoms with Crippen LogP contribution in [0, 0.1) is 5.92 Å². The molecule has 0 heteroatoms. The first-order valence-corrected chi connectivity index (χ1v) is 12.5. The summed E-state index contributed by atoms with van der Waals surface area (Å²) in [7, 11) is 0. The molecule has 0 saturated heterocycles. The molecule has 4 rings (SSSR count). The molecule has 1 fully saturated rings. The van der Waals surface area contributed by atoms with Crippen LogP contribution in [-0.2, 0) is 19.3 Å². The molecule has 162 valence electrons. The van der Waals surface area contributed by atoms with Gasteiger partial charge in [-0.3, -0.25) is 0 Å². The van der Waals surface area contributed by atoms with Crippen LogP contribution in [-0.4, -0.2) is 0 Å². The fourth-order valence-electron chi connectivity index (χ4n) is 5.07. The lowest BCUT2D eigenvalue weighted by Crippen LogP contribution is -2.11. The fraction of sp³-hybridized carbons (Fsp3) is 0.419. The summed E-state index contributed by atoms with van der Waals surface area (Å²) < 4.78 is 0. The Kier molecular flexibility index (Phi) is 7.62. The van der Waals surface area contributed by atoms with E-state index >= 15 is 0 Å². The van der Waals surface area contributed by atoms with Crippen molar-refractivity contribution in [3.8, 4) is 0 Å². The van der Waals surface area contributed by atoms with Crippen LogP contribution in [0.15, 0.2) is 72.8 Å². The molecule has 3 aromatic rings. The molecule has 1 aliphatic carbocycles. The molecule has 0 radical (unpaired) electrons. The Morgan fingerprint density at radius 3 is 2.00 bits per heavy atom. The number of hydrogen-bond donors (Lipinski definition) is 0. The van der Waals surface area contributed by atoms with Crippen LogP contribution in [0.2, 0.25) is 0 Å². The SMILES string of the molecule is CCC/C=C/C1CCC(c2ccc(CCc3ccc4cc(CC)ccc4c3)cc2)CC1. The molecular weight excluding hydrogens is 372 g/mol. The average Bonchev–Trinajstić information content (AvgIpc) is 2.83. The van der Waals surface area contributed by atoms with Gasteiger partial charge in [-0.1, -0.05) is 93.1 Å². The Labute approximate surface area is 189 Å². The monoisotopic (exact) mass is 410 g/mol. The van der Waals surface area contributed by atoms with Crippen LogP contribution in [0.3, 0.4) is 0 Å². The highest BCUT2D eigenvalue weighted by molar-refractivity contribution is 5.83. The summed E-state index contributed by atoms with van der Waals surface area (Å²) in [6.07, 6.45) is 16.1. The van der Waals surface area contributed by atoms with Crippen molar-refractivity contribution in [3.05, 3.63) is 95.1 Å². The Hall–Kier alpha value is -2.34. The normalized spacial score (nSPS) is 19.3. The number of rotatable bonds is 8. The van der Waals surface area contributed by atoms with Crippen LogP contribution in [0.5, 0.6) is 0 Å². The van der Waals surface area contributed by atoms with Gasteiger partial charge in [0.15, 0.2) is 0 Å². The van der Waals surface area contributed by atoms with Gasteiger partial charge in [0.05, 0.1) is 0 Å². The molecule has 0 aliphatic heterocycles. The molecule has 0 aromatic heterocycles. The molecule has 0 unspecified atom stereocenters. The second-order valence-electron chi connectivity index (χ2n) is 9.44. The van der Waals surface area contributed by atoms with Crippen LogP contribution in [0.25, 0.3) is 10.8 Å². The average molecular weight is 411 g/mol. The highest BCUT2D eigenvalue weighted by atomic mass is 14.3. The minimum atomic E-state index is 0.762. The molecule has 1 aliphatic rings. The first-order chi connectivity index (χ1) is 15.2. The predicted molar refractivity (Wildman–Crippen MR) is 136 cm³/mol. The third kappa shape index (κ3) is 5.88. The van der Waals surface area contributed by atoms with E-state index in [0.29, 0.717) is 0 Å². The third-order valence-electron chi connectivity index (χ3n) is 7.17. The van der Waals surface area contributed by atoms with Gasteiger partial charge >= 0.3 is 0 Å². The number of aryl methyl sites for hydroxylation is 3. The number of hydrogen-bond acceptors (Lipinski definition) is 0. The van der Waals surface area contributed by atoms with E-state index in [-0.39, 0.29) is 0 Å². The molecule has 0 bridgehead atoms. The lowest BCUT2D eigenvalue weighted by atomic mass is 9.78. The van der Waals surface area contributed by atoms with Crippen molar-refractivity contribution in [3.63, 3.8) is 0 Å². The van der Waals surface area contributed by atoms with Gasteiger partial charge in [0.1, 0.15) is 0 Å². The summed E-state index contributed by atoms with van der Waals surface area (Å²) in [4.78, 5) is 0. The topological polar surface area (TPSA) is 0 Å². The Balaban J connectivity index is 1.30. The largest absolute Gasteiger partial charge is 0.0883 e. The van der Waals surface area contributed by atoms with Crippen molar-refractivity contribution < 1.29 is 0 Å². The van der Waals surface area contributed by atoms with E-state index in [1.807, 2.05) is 0 Å². The quantitative estimate of drug-likeness (QED) is 0.325. The Morgan fingerprint density at radius 2 is 1.32 bits per heavy atom. The zero-order chi connectivity index (χ0) is 21.5. The van der Waals surface area contributed by atoms with Crippen LogP contribution >= 0.6 is 0 Å². The van der Waals surface area contributed by atoms with Crippen molar-refractivity contribution in [2.45, 2.75) is 77.6 Å². The van der Waals surface area contributed by atoms with Crippen LogP contribution in [0.1, 0.15) is 80.5 Å². The van der Waals surface area contributed by atoms with Gasteiger partial charge in [0, 0.05) is 0 Å². The number of benzene rings is 3. The molecule has 0 N–H and O–H groups in total. The van der Waals surface area contributed by atoms with Crippen LogP contribution in [0.4, 0.5) is 0 Å². The molecule has 0 atom stereocenters. The van der Waals surface area contributed by atoms with Gasteiger partial charge in [-0.15, -0.1) is 0 Å². The van der Waals surface area contributed by atoms with Crippen molar-refractivity contribution in [2.24, 2.45) is 5.92 Å². The summed E-state index contributed by atoms with van der Waals surface area (Å²) in [5, 5.41) is 2.73. The van der Waals surface area contributed by atoms with Gasteiger partial charge in [-0.25, -0.2) is 0 Å². The maximum absolute atomic E-state index is 2.48. The second kappa shape index (κ2) is 10.8. The van der Waals surface area contributed by atoms with Crippen molar-refractivity contribution >= 4 is 10.8 Å². The Bertz CT molecular complexity index is 984.